The Hall–Kier alpha value is -2.13. The zero-order valence-corrected chi connectivity index (χ0v) is 14.9. The third-order valence-electron chi connectivity index (χ3n) is 4.56. The van der Waals surface area contributed by atoms with Crippen molar-refractivity contribution in [3.8, 4) is 6.07 Å². The average molecular weight is 387 g/mol. The predicted octanol–water partition coefficient (Wildman–Crippen LogP) is 4.11. The smallest absolute Gasteiger partial charge is 0.245 e. The maximum Gasteiger partial charge on any atom is 0.245 e. The summed E-state index contributed by atoms with van der Waals surface area (Å²) in [7, 11) is 0. The summed E-state index contributed by atoms with van der Waals surface area (Å²) in [5.74, 6) is 0.422. The van der Waals surface area contributed by atoms with Crippen LogP contribution in [-0.4, -0.2) is 15.7 Å². The number of hydrogen-bond acceptors (Lipinski definition) is 3. The molecule has 1 amide bonds. The second-order valence-corrected chi connectivity index (χ2v) is 7.12. The average Bonchev–Trinajstić information content (AvgIpc) is 3.04. The number of carbonyl (C=O) groups is 1. The fourth-order valence-electron chi connectivity index (χ4n) is 3.11. The topological polar surface area (TPSA) is 70.7 Å². The molecule has 0 atom stereocenters. The van der Waals surface area contributed by atoms with Gasteiger partial charge in [0.05, 0.1) is 18.8 Å². The lowest BCUT2D eigenvalue weighted by molar-refractivity contribution is -0.124. The summed E-state index contributed by atoms with van der Waals surface area (Å²) < 4.78 is 2.77. The molecule has 24 heavy (non-hydrogen) atoms. The van der Waals surface area contributed by atoms with Crippen LogP contribution in [0.1, 0.15) is 37.7 Å². The monoisotopic (exact) mass is 386 g/mol. The number of carbonyl (C=O) groups excluding carboxylic acids is 1. The number of nitrogens with one attached hydrogen (secondary N) is 1. The van der Waals surface area contributed by atoms with E-state index in [-0.39, 0.29) is 5.91 Å². The summed E-state index contributed by atoms with van der Waals surface area (Å²) >= 11 is 3.42. The summed E-state index contributed by atoms with van der Waals surface area (Å²) in [6, 6.07) is 12.0. The van der Waals surface area contributed by atoms with Gasteiger partial charge in [0, 0.05) is 10.5 Å². The molecule has 0 bridgehead atoms. The number of hydrogen-bond donors (Lipinski definition) is 1. The molecule has 0 unspecified atom stereocenters. The zero-order chi connectivity index (χ0) is 17.0. The van der Waals surface area contributed by atoms with Crippen molar-refractivity contribution in [3.05, 3.63) is 46.6 Å². The molecule has 0 radical (unpaired) electrons. The first-order valence-electron chi connectivity index (χ1n) is 8.12. The molecule has 6 heteroatoms. The molecule has 1 aromatic heterocycles. The van der Waals surface area contributed by atoms with Crippen LogP contribution in [0.15, 0.2) is 41.0 Å². The molecule has 1 aromatic carbocycles. The maximum atomic E-state index is 12.7. The van der Waals surface area contributed by atoms with Gasteiger partial charge in [0.1, 0.15) is 11.2 Å². The molecule has 1 fully saturated rings. The van der Waals surface area contributed by atoms with Crippen LogP contribution in [0.25, 0.3) is 0 Å². The Morgan fingerprint density at radius 1 is 1.25 bits per heavy atom. The van der Waals surface area contributed by atoms with Crippen molar-refractivity contribution in [2.24, 2.45) is 5.41 Å². The number of anilines is 1. The van der Waals surface area contributed by atoms with Crippen LogP contribution in [0, 0.1) is 16.7 Å². The van der Waals surface area contributed by atoms with E-state index in [4.69, 9.17) is 0 Å². The van der Waals surface area contributed by atoms with E-state index >= 15 is 0 Å². The molecular weight excluding hydrogens is 368 g/mol. The summed E-state index contributed by atoms with van der Waals surface area (Å²) in [6.45, 7) is 0.565. The largest absolute Gasteiger partial charge is 0.310 e. The summed E-state index contributed by atoms with van der Waals surface area (Å²) in [5, 5.41) is 16.7. The van der Waals surface area contributed by atoms with E-state index in [0.29, 0.717) is 25.2 Å². The van der Waals surface area contributed by atoms with Gasteiger partial charge in [-0.2, -0.15) is 10.4 Å². The quantitative estimate of drug-likeness (QED) is 0.859. The molecule has 1 N–H and O–H groups in total. The lowest BCUT2D eigenvalue weighted by Gasteiger charge is -2.29. The second-order valence-electron chi connectivity index (χ2n) is 6.21. The van der Waals surface area contributed by atoms with Gasteiger partial charge in [-0.15, -0.1) is 0 Å². The zero-order valence-electron chi connectivity index (χ0n) is 13.3. The Morgan fingerprint density at radius 3 is 2.62 bits per heavy atom. The van der Waals surface area contributed by atoms with E-state index in [1.54, 1.807) is 16.9 Å². The molecule has 5 nitrogen and oxygen atoms in total. The first kappa shape index (κ1) is 16.7. The minimum atomic E-state index is -0.898. The molecule has 1 saturated carbocycles. The minimum Gasteiger partial charge on any atom is -0.310 e. The number of aromatic nitrogens is 2. The van der Waals surface area contributed by atoms with E-state index in [9.17, 15) is 10.1 Å². The Labute approximate surface area is 149 Å². The highest BCUT2D eigenvalue weighted by Gasteiger charge is 2.40. The number of amides is 1. The van der Waals surface area contributed by atoms with Gasteiger partial charge in [-0.25, -0.2) is 4.68 Å². The number of nitrogens with zero attached hydrogens (tertiary/aromatic N) is 3. The van der Waals surface area contributed by atoms with E-state index < -0.39 is 5.41 Å². The molecule has 2 aromatic rings. The first-order valence-corrected chi connectivity index (χ1v) is 8.91. The SMILES string of the molecule is N#CC1(C(=O)Nc2ccnn2Cc2ccc(Br)cc2)CCCCC1. The Balaban J connectivity index is 1.74. The molecule has 0 saturated heterocycles. The highest BCUT2D eigenvalue weighted by Crippen LogP contribution is 2.36. The van der Waals surface area contributed by atoms with E-state index in [1.165, 1.54) is 0 Å². The van der Waals surface area contributed by atoms with Gasteiger partial charge in [0.2, 0.25) is 5.91 Å². The number of nitriles is 1. The Morgan fingerprint density at radius 2 is 1.96 bits per heavy atom. The van der Waals surface area contributed by atoms with Gasteiger partial charge in [0.15, 0.2) is 0 Å². The van der Waals surface area contributed by atoms with Crippen molar-refractivity contribution in [2.75, 3.05) is 5.32 Å². The Bertz CT molecular complexity index is 754. The summed E-state index contributed by atoms with van der Waals surface area (Å²) in [4.78, 5) is 12.7. The van der Waals surface area contributed by atoms with Crippen molar-refractivity contribution in [1.82, 2.24) is 9.78 Å². The van der Waals surface area contributed by atoms with Crippen LogP contribution in [0.3, 0.4) is 0 Å². The lowest BCUT2D eigenvalue weighted by Crippen LogP contribution is -2.37. The third-order valence-corrected chi connectivity index (χ3v) is 5.09. The van der Waals surface area contributed by atoms with Gasteiger partial charge < -0.3 is 5.32 Å². The molecule has 0 aliphatic heterocycles. The minimum absolute atomic E-state index is 0.206. The second kappa shape index (κ2) is 7.18. The van der Waals surface area contributed by atoms with Gasteiger partial charge in [-0.05, 0) is 30.5 Å². The fourth-order valence-corrected chi connectivity index (χ4v) is 3.37. The van der Waals surface area contributed by atoms with E-state index in [0.717, 1.165) is 29.3 Å². The number of rotatable bonds is 4. The van der Waals surface area contributed by atoms with Crippen molar-refractivity contribution in [1.29, 1.82) is 5.26 Å². The highest BCUT2D eigenvalue weighted by molar-refractivity contribution is 9.10. The van der Waals surface area contributed by atoms with Crippen molar-refractivity contribution >= 4 is 27.7 Å². The highest BCUT2D eigenvalue weighted by atomic mass is 79.9. The third kappa shape index (κ3) is 3.51. The van der Waals surface area contributed by atoms with Gasteiger partial charge >= 0.3 is 0 Å². The summed E-state index contributed by atoms with van der Waals surface area (Å²) in [6.07, 6.45) is 5.89. The molecule has 1 aliphatic carbocycles. The van der Waals surface area contributed by atoms with Crippen LogP contribution in [0.2, 0.25) is 0 Å². The summed E-state index contributed by atoms with van der Waals surface area (Å²) in [5.41, 5.74) is 0.190. The van der Waals surface area contributed by atoms with Crippen LogP contribution < -0.4 is 5.32 Å². The number of benzene rings is 1. The molecular formula is C18H19BrN4O. The fraction of sp³-hybridized carbons (Fsp3) is 0.389. The first-order chi connectivity index (χ1) is 11.6. The van der Waals surface area contributed by atoms with Crippen LogP contribution in [0.5, 0.6) is 0 Å². The molecule has 3 rings (SSSR count). The van der Waals surface area contributed by atoms with E-state index in [2.05, 4.69) is 32.4 Å². The molecule has 124 valence electrons. The maximum absolute atomic E-state index is 12.7. The van der Waals surface area contributed by atoms with Crippen molar-refractivity contribution in [2.45, 2.75) is 38.6 Å². The predicted molar refractivity (Wildman–Crippen MR) is 95.2 cm³/mol. The Kier molecular flexibility index (Phi) is 5.00. The molecule has 0 spiro atoms. The molecule has 1 heterocycles. The van der Waals surface area contributed by atoms with Crippen LogP contribution >= 0.6 is 15.9 Å². The van der Waals surface area contributed by atoms with Crippen LogP contribution in [-0.2, 0) is 11.3 Å². The van der Waals surface area contributed by atoms with E-state index in [1.807, 2.05) is 24.3 Å². The normalized spacial score (nSPS) is 16.3. The van der Waals surface area contributed by atoms with Gasteiger partial charge in [0.25, 0.3) is 0 Å². The van der Waals surface area contributed by atoms with Gasteiger partial charge in [-0.1, -0.05) is 47.3 Å². The molecule has 1 aliphatic rings. The van der Waals surface area contributed by atoms with Crippen molar-refractivity contribution < 1.29 is 4.79 Å². The van der Waals surface area contributed by atoms with Crippen LogP contribution in [0.4, 0.5) is 5.82 Å². The number of halogens is 1. The van der Waals surface area contributed by atoms with Crippen molar-refractivity contribution in [3.63, 3.8) is 0 Å². The lowest BCUT2D eigenvalue weighted by atomic mass is 9.74. The standard InChI is InChI=1S/C18H19BrN4O/c19-15-6-4-14(5-7-15)12-23-16(8-11-21-23)22-17(24)18(13-20)9-2-1-3-10-18/h4-8,11H,1-3,9-10,12H2,(H,22,24). The van der Waals surface area contributed by atoms with Gasteiger partial charge in [-0.3, -0.25) is 4.79 Å².